The first-order valence-electron chi connectivity index (χ1n) is 13.0. The van der Waals surface area contributed by atoms with Crippen LogP contribution in [-0.4, -0.2) is 57.1 Å². The molecule has 6 rings (SSSR count). The summed E-state index contributed by atoms with van der Waals surface area (Å²) >= 11 is 0. The van der Waals surface area contributed by atoms with Crippen LogP contribution in [0.2, 0.25) is 0 Å². The maximum Gasteiger partial charge on any atom is 0.353 e. The number of hydrogen-bond acceptors (Lipinski definition) is 11. The Balaban J connectivity index is 1.67. The second-order valence-electron chi connectivity index (χ2n) is 10.5. The average Bonchev–Trinajstić information content (AvgIpc) is 3.18. The summed E-state index contributed by atoms with van der Waals surface area (Å²) in [6, 6.07) is 5.90. The number of aliphatic hydroxyl groups is 1. The Bertz CT molecular complexity index is 1600. The molecular weight excluding hydrogens is 520 g/mol. The van der Waals surface area contributed by atoms with Crippen molar-refractivity contribution in [3.8, 4) is 5.75 Å². The summed E-state index contributed by atoms with van der Waals surface area (Å²) in [5.41, 5.74) is 1.80. The first-order valence-corrected chi connectivity index (χ1v) is 13.0. The van der Waals surface area contributed by atoms with Gasteiger partial charge in [0.15, 0.2) is 17.0 Å². The van der Waals surface area contributed by atoms with Gasteiger partial charge in [0, 0.05) is 25.3 Å². The van der Waals surface area contributed by atoms with Gasteiger partial charge in [-0.2, -0.15) is 0 Å². The first-order chi connectivity index (χ1) is 19.1. The topological polar surface area (TPSA) is 149 Å². The minimum atomic E-state index is -2.62. The van der Waals surface area contributed by atoms with Gasteiger partial charge >= 0.3 is 23.9 Å². The number of ether oxygens (including phenoxy) is 3. The lowest BCUT2D eigenvalue weighted by Gasteiger charge is -2.35. The molecule has 2 N–H and O–H groups in total. The van der Waals surface area contributed by atoms with Crippen LogP contribution in [0.3, 0.4) is 0 Å². The SMILES string of the molecule is Cc1cccc(C)c1CNc1c2c3c(N4CCC4)n4c(C)c(nc14)COC(=O)CC(O)(CC(=O)OC3=O)C(=O)O2. The number of aromatic nitrogens is 2. The highest BCUT2D eigenvalue weighted by atomic mass is 16.6. The highest BCUT2D eigenvalue weighted by Crippen LogP contribution is 2.44. The van der Waals surface area contributed by atoms with E-state index in [1.165, 1.54) is 0 Å². The van der Waals surface area contributed by atoms with Crippen molar-refractivity contribution in [2.75, 3.05) is 23.3 Å². The second-order valence-corrected chi connectivity index (χ2v) is 10.5. The maximum absolute atomic E-state index is 13.6. The summed E-state index contributed by atoms with van der Waals surface area (Å²) in [5.74, 6) is -4.32. The van der Waals surface area contributed by atoms with E-state index in [4.69, 9.17) is 19.2 Å². The van der Waals surface area contributed by atoms with Crippen molar-refractivity contribution in [1.82, 2.24) is 9.38 Å². The van der Waals surface area contributed by atoms with E-state index in [1.54, 1.807) is 11.3 Å². The normalized spacial score (nSPS) is 20.9. The number of nitrogens with zero attached hydrogens (tertiary/aromatic N) is 3. The van der Waals surface area contributed by atoms with Crippen LogP contribution in [0.15, 0.2) is 18.2 Å². The molecule has 12 nitrogen and oxygen atoms in total. The van der Waals surface area contributed by atoms with E-state index in [-0.39, 0.29) is 30.2 Å². The van der Waals surface area contributed by atoms with Crippen LogP contribution in [0.25, 0.3) is 5.65 Å². The fourth-order valence-electron chi connectivity index (χ4n) is 5.39. The van der Waals surface area contributed by atoms with Gasteiger partial charge in [0.25, 0.3) is 0 Å². The van der Waals surface area contributed by atoms with E-state index in [2.05, 4.69) is 5.32 Å². The van der Waals surface area contributed by atoms with Gasteiger partial charge in [-0.1, -0.05) is 18.2 Å². The van der Waals surface area contributed by atoms with Gasteiger partial charge < -0.3 is 29.5 Å². The maximum atomic E-state index is 13.6. The molecule has 0 radical (unpaired) electrons. The van der Waals surface area contributed by atoms with Crippen LogP contribution in [-0.2, 0) is 37.0 Å². The van der Waals surface area contributed by atoms with E-state index in [0.717, 1.165) is 23.1 Å². The van der Waals surface area contributed by atoms with Crippen molar-refractivity contribution in [2.45, 2.75) is 58.8 Å². The molecule has 3 aliphatic heterocycles. The lowest BCUT2D eigenvalue weighted by molar-refractivity contribution is -0.170. The molecule has 4 bridgehead atoms. The fourth-order valence-corrected chi connectivity index (χ4v) is 5.39. The second kappa shape index (κ2) is 9.33. The molecule has 2 aromatic heterocycles. The molecule has 1 aromatic carbocycles. The molecule has 3 aromatic rings. The average molecular weight is 549 g/mol. The zero-order valence-electron chi connectivity index (χ0n) is 22.3. The molecule has 0 aliphatic carbocycles. The van der Waals surface area contributed by atoms with Gasteiger partial charge in [0.1, 0.15) is 29.4 Å². The molecule has 0 saturated carbocycles. The molecule has 5 heterocycles. The Kier molecular flexibility index (Phi) is 6.02. The van der Waals surface area contributed by atoms with E-state index < -0.39 is 42.3 Å². The number of imidazole rings is 1. The summed E-state index contributed by atoms with van der Waals surface area (Å²) in [6.45, 7) is 6.96. The van der Waals surface area contributed by atoms with Gasteiger partial charge in [0.2, 0.25) is 0 Å². The van der Waals surface area contributed by atoms with Gasteiger partial charge in [-0.05, 0) is 43.9 Å². The van der Waals surface area contributed by atoms with Crippen LogP contribution in [0, 0.1) is 20.8 Å². The van der Waals surface area contributed by atoms with Crippen molar-refractivity contribution in [3.05, 3.63) is 51.8 Å². The molecule has 0 spiro atoms. The van der Waals surface area contributed by atoms with Crippen LogP contribution >= 0.6 is 0 Å². The van der Waals surface area contributed by atoms with Crippen molar-refractivity contribution in [3.63, 3.8) is 0 Å². The Morgan fingerprint density at radius 3 is 2.40 bits per heavy atom. The van der Waals surface area contributed by atoms with Crippen molar-refractivity contribution in [2.24, 2.45) is 0 Å². The molecule has 1 unspecified atom stereocenters. The zero-order valence-corrected chi connectivity index (χ0v) is 22.3. The Morgan fingerprint density at radius 2 is 1.73 bits per heavy atom. The minimum Gasteiger partial charge on any atom is -0.459 e. The summed E-state index contributed by atoms with van der Waals surface area (Å²) in [7, 11) is 0. The predicted molar refractivity (Wildman–Crippen MR) is 140 cm³/mol. The number of hydrogen-bond donors (Lipinski definition) is 2. The molecule has 208 valence electrons. The molecule has 1 fully saturated rings. The summed E-state index contributed by atoms with van der Waals surface area (Å²) in [6.07, 6.45) is -0.989. The number of rotatable bonds is 4. The highest BCUT2D eigenvalue weighted by Gasteiger charge is 2.48. The molecule has 1 atom stereocenters. The van der Waals surface area contributed by atoms with Crippen LogP contribution in [0.1, 0.15) is 57.7 Å². The van der Waals surface area contributed by atoms with E-state index in [1.807, 2.05) is 36.9 Å². The van der Waals surface area contributed by atoms with Crippen LogP contribution in [0.4, 0.5) is 11.5 Å². The Labute approximate surface area is 228 Å². The predicted octanol–water partition coefficient (Wildman–Crippen LogP) is 2.25. The van der Waals surface area contributed by atoms with E-state index >= 15 is 0 Å². The first kappa shape index (κ1) is 25.8. The number of anilines is 2. The van der Waals surface area contributed by atoms with Crippen LogP contribution < -0.4 is 15.0 Å². The van der Waals surface area contributed by atoms with Crippen molar-refractivity contribution in [1.29, 1.82) is 0 Å². The van der Waals surface area contributed by atoms with E-state index in [0.29, 0.717) is 35.9 Å². The number of carbonyl (C=O) groups excluding carboxylic acids is 4. The quantitative estimate of drug-likeness (QED) is 0.365. The third-order valence-electron chi connectivity index (χ3n) is 7.79. The number of aryl methyl sites for hydroxylation is 3. The van der Waals surface area contributed by atoms with Gasteiger partial charge in [-0.3, -0.25) is 14.0 Å². The van der Waals surface area contributed by atoms with Crippen molar-refractivity contribution < 1.29 is 38.5 Å². The minimum absolute atomic E-state index is 0.152. The van der Waals surface area contributed by atoms with Crippen LogP contribution in [0.5, 0.6) is 5.75 Å². The lowest BCUT2D eigenvalue weighted by atomic mass is 9.95. The standard InChI is InChI=1S/C28H28N4O8/c1-14-6-4-7-15(2)17(14)12-29-22-23-21-25(31-8-5-9-31)32-16(3)18(30-24(22)32)13-38-19(33)10-28(37,27(36)40-23)11-20(34)39-26(21)35/h4,6-7,29,37H,5,8-13H2,1-3H3. The highest BCUT2D eigenvalue weighted by molar-refractivity contribution is 6.09. The fraction of sp³-hybridized carbons (Fsp3) is 0.393. The number of nitrogens with one attached hydrogen (secondary N) is 1. The van der Waals surface area contributed by atoms with E-state index in [9.17, 15) is 24.3 Å². The van der Waals surface area contributed by atoms with Gasteiger partial charge in [-0.25, -0.2) is 14.6 Å². The molecular formula is C28H28N4O8. The third kappa shape index (κ3) is 4.06. The number of benzene rings is 1. The molecule has 12 heteroatoms. The summed E-state index contributed by atoms with van der Waals surface area (Å²) in [5, 5.41) is 14.5. The summed E-state index contributed by atoms with van der Waals surface area (Å²) < 4.78 is 18.0. The summed E-state index contributed by atoms with van der Waals surface area (Å²) in [4.78, 5) is 59.2. The molecule has 40 heavy (non-hydrogen) atoms. The monoisotopic (exact) mass is 548 g/mol. The molecule has 0 amide bonds. The zero-order chi connectivity index (χ0) is 28.3. The Hall–Kier alpha value is -4.45. The number of carbonyl (C=O) groups is 4. The van der Waals surface area contributed by atoms with Gasteiger partial charge in [0.05, 0.1) is 12.8 Å². The number of cyclic esters (lactones) is 3. The largest absolute Gasteiger partial charge is 0.459 e. The third-order valence-corrected chi connectivity index (χ3v) is 7.79. The smallest absolute Gasteiger partial charge is 0.353 e. The molecule has 3 aliphatic rings. The van der Waals surface area contributed by atoms with Crippen molar-refractivity contribution >= 4 is 41.0 Å². The number of fused-ring (bicyclic) bond motifs is 3. The Morgan fingerprint density at radius 1 is 1.02 bits per heavy atom. The molecule has 1 saturated heterocycles. The van der Waals surface area contributed by atoms with Gasteiger partial charge in [-0.15, -0.1) is 0 Å². The number of pyridine rings is 1. The lowest BCUT2D eigenvalue weighted by Crippen LogP contribution is -2.46. The number of esters is 4.